The molecule has 0 aliphatic carbocycles. The SMILES string of the molecule is Cc1cccc(/C=N\NC(=O)c2ccc(CN3CCN(c4ccccc4)CC3)cc2)c1. The van der Waals surface area contributed by atoms with E-state index in [1.807, 2.05) is 55.5 Å². The number of rotatable bonds is 6. The van der Waals surface area contributed by atoms with Crippen molar-refractivity contribution in [3.8, 4) is 0 Å². The smallest absolute Gasteiger partial charge is 0.271 e. The summed E-state index contributed by atoms with van der Waals surface area (Å²) in [6.07, 6.45) is 1.66. The molecule has 1 aliphatic rings. The summed E-state index contributed by atoms with van der Waals surface area (Å²) in [4.78, 5) is 17.2. The van der Waals surface area contributed by atoms with Crippen molar-refractivity contribution < 1.29 is 4.79 Å². The minimum atomic E-state index is -0.202. The third-order valence-corrected chi connectivity index (χ3v) is 5.54. The molecule has 0 unspecified atom stereocenters. The molecule has 0 spiro atoms. The molecule has 0 saturated carbocycles. The Kier molecular flexibility index (Phi) is 6.75. The maximum Gasteiger partial charge on any atom is 0.271 e. The Morgan fingerprint density at radius 2 is 1.68 bits per heavy atom. The summed E-state index contributed by atoms with van der Waals surface area (Å²) in [6, 6.07) is 26.3. The molecule has 5 heteroatoms. The molecule has 31 heavy (non-hydrogen) atoms. The van der Waals surface area contributed by atoms with Crippen LogP contribution in [0.4, 0.5) is 5.69 Å². The zero-order valence-corrected chi connectivity index (χ0v) is 17.9. The van der Waals surface area contributed by atoms with E-state index in [0.29, 0.717) is 5.56 Å². The number of hydrazone groups is 1. The fraction of sp³-hybridized carbons (Fsp3) is 0.231. The maximum absolute atomic E-state index is 12.3. The van der Waals surface area contributed by atoms with Gasteiger partial charge in [-0.2, -0.15) is 5.10 Å². The molecule has 3 aromatic rings. The molecule has 1 amide bonds. The van der Waals surface area contributed by atoms with Gasteiger partial charge in [0.05, 0.1) is 6.21 Å². The Labute approximate surface area is 184 Å². The number of nitrogens with one attached hydrogen (secondary N) is 1. The molecule has 1 N–H and O–H groups in total. The van der Waals surface area contributed by atoms with Gasteiger partial charge < -0.3 is 4.90 Å². The average Bonchev–Trinajstić information content (AvgIpc) is 2.81. The van der Waals surface area contributed by atoms with Crippen LogP contribution in [0, 0.1) is 6.92 Å². The normalized spacial score (nSPS) is 14.7. The second kappa shape index (κ2) is 10.0. The highest BCUT2D eigenvalue weighted by Gasteiger charge is 2.17. The van der Waals surface area contributed by atoms with E-state index in [2.05, 4.69) is 50.7 Å². The largest absolute Gasteiger partial charge is 0.369 e. The summed E-state index contributed by atoms with van der Waals surface area (Å²) in [7, 11) is 0. The molecule has 1 saturated heterocycles. The van der Waals surface area contributed by atoms with Gasteiger partial charge in [-0.25, -0.2) is 5.43 Å². The molecule has 1 aliphatic heterocycles. The van der Waals surface area contributed by atoms with Gasteiger partial charge >= 0.3 is 0 Å². The number of carbonyl (C=O) groups excluding carboxylic acids is 1. The van der Waals surface area contributed by atoms with Crippen LogP contribution in [0.25, 0.3) is 0 Å². The summed E-state index contributed by atoms with van der Waals surface area (Å²) >= 11 is 0. The molecule has 158 valence electrons. The highest BCUT2D eigenvalue weighted by molar-refractivity contribution is 5.94. The van der Waals surface area contributed by atoms with E-state index in [0.717, 1.165) is 43.9 Å². The number of hydrogen-bond donors (Lipinski definition) is 1. The Bertz CT molecular complexity index is 1020. The minimum absolute atomic E-state index is 0.202. The molecule has 5 nitrogen and oxygen atoms in total. The minimum Gasteiger partial charge on any atom is -0.369 e. The van der Waals surface area contributed by atoms with Crippen molar-refractivity contribution in [1.29, 1.82) is 0 Å². The summed E-state index contributed by atoms with van der Waals surface area (Å²) < 4.78 is 0. The summed E-state index contributed by atoms with van der Waals surface area (Å²) in [5, 5.41) is 4.07. The maximum atomic E-state index is 12.3. The van der Waals surface area contributed by atoms with Crippen molar-refractivity contribution in [1.82, 2.24) is 10.3 Å². The number of anilines is 1. The number of aryl methyl sites for hydroxylation is 1. The summed E-state index contributed by atoms with van der Waals surface area (Å²) in [5.41, 5.74) is 7.84. The fourth-order valence-corrected chi connectivity index (χ4v) is 3.80. The molecule has 0 radical (unpaired) electrons. The Morgan fingerprint density at radius 1 is 0.935 bits per heavy atom. The zero-order chi connectivity index (χ0) is 21.5. The number of piperazine rings is 1. The van der Waals surface area contributed by atoms with Crippen LogP contribution >= 0.6 is 0 Å². The van der Waals surface area contributed by atoms with Gasteiger partial charge in [0, 0.05) is 44.0 Å². The van der Waals surface area contributed by atoms with Gasteiger partial charge in [-0.15, -0.1) is 0 Å². The van der Waals surface area contributed by atoms with Crippen LogP contribution in [0.3, 0.4) is 0 Å². The highest BCUT2D eigenvalue weighted by Crippen LogP contribution is 2.17. The molecular formula is C26H28N4O. The molecule has 3 aromatic carbocycles. The third-order valence-electron chi connectivity index (χ3n) is 5.54. The van der Waals surface area contributed by atoms with Gasteiger partial charge in [-0.3, -0.25) is 9.69 Å². The van der Waals surface area contributed by atoms with E-state index in [1.165, 1.54) is 11.3 Å². The molecule has 0 aromatic heterocycles. The van der Waals surface area contributed by atoms with Gasteiger partial charge in [-0.05, 0) is 42.3 Å². The second-order valence-corrected chi connectivity index (χ2v) is 7.91. The Hall–Kier alpha value is -3.44. The predicted octanol–water partition coefficient (Wildman–Crippen LogP) is 4.08. The molecule has 4 rings (SSSR count). The van der Waals surface area contributed by atoms with E-state index in [-0.39, 0.29) is 5.91 Å². The number of carbonyl (C=O) groups is 1. The topological polar surface area (TPSA) is 47.9 Å². The van der Waals surface area contributed by atoms with Crippen LogP contribution in [0.15, 0.2) is 84.0 Å². The molecule has 1 heterocycles. The quantitative estimate of drug-likeness (QED) is 0.490. The molecule has 1 fully saturated rings. The first kappa shape index (κ1) is 20.8. The van der Waals surface area contributed by atoms with Crippen molar-refractivity contribution >= 4 is 17.8 Å². The molecule has 0 bridgehead atoms. The standard InChI is InChI=1S/C26H28N4O/c1-21-6-5-7-23(18-21)19-27-28-26(31)24-12-10-22(11-13-24)20-29-14-16-30(17-15-29)25-8-3-2-4-9-25/h2-13,18-19H,14-17,20H2,1H3,(H,28,31)/b27-19-. The predicted molar refractivity (Wildman–Crippen MR) is 127 cm³/mol. The monoisotopic (exact) mass is 412 g/mol. The lowest BCUT2D eigenvalue weighted by Gasteiger charge is -2.36. The van der Waals surface area contributed by atoms with Crippen LogP contribution in [0.1, 0.15) is 27.0 Å². The van der Waals surface area contributed by atoms with Gasteiger partial charge in [0.25, 0.3) is 5.91 Å². The van der Waals surface area contributed by atoms with Gasteiger partial charge in [0.1, 0.15) is 0 Å². The second-order valence-electron chi connectivity index (χ2n) is 7.91. The molecule has 0 atom stereocenters. The highest BCUT2D eigenvalue weighted by atomic mass is 16.2. The first-order valence-electron chi connectivity index (χ1n) is 10.7. The Morgan fingerprint density at radius 3 is 2.39 bits per heavy atom. The van der Waals surface area contributed by atoms with Crippen LogP contribution in [-0.2, 0) is 6.54 Å². The van der Waals surface area contributed by atoms with Crippen molar-refractivity contribution in [2.24, 2.45) is 5.10 Å². The van der Waals surface area contributed by atoms with E-state index in [9.17, 15) is 4.79 Å². The van der Waals surface area contributed by atoms with Crippen molar-refractivity contribution in [2.45, 2.75) is 13.5 Å². The van der Waals surface area contributed by atoms with E-state index >= 15 is 0 Å². The van der Waals surface area contributed by atoms with Crippen LogP contribution < -0.4 is 10.3 Å². The summed E-state index contributed by atoms with van der Waals surface area (Å²) in [5.74, 6) is -0.202. The van der Waals surface area contributed by atoms with E-state index in [4.69, 9.17) is 0 Å². The lowest BCUT2D eigenvalue weighted by molar-refractivity contribution is 0.0955. The average molecular weight is 413 g/mol. The first-order valence-corrected chi connectivity index (χ1v) is 10.7. The molecular weight excluding hydrogens is 384 g/mol. The van der Waals surface area contributed by atoms with E-state index in [1.54, 1.807) is 6.21 Å². The Balaban J connectivity index is 1.26. The van der Waals surface area contributed by atoms with Gasteiger partial charge in [0.15, 0.2) is 0 Å². The van der Waals surface area contributed by atoms with Crippen molar-refractivity contribution in [3.05, 3.63) is 101 Å². The number of benzene rings is 3. The lowest BCUT2D eigenvalue weighted by atomic mass is 10.1. The summed E-state index contributed by atoms with van der Waals surface area (Å²) in [6.45, 7) is 7.05. The lowest BCUT2D eigenvalue weighted by Crippen LogP contribution is -2.45. The number of para-hydroxylation sites is 1. The van der Waals surface area contributed by atoms with Crippen LogP contribution in [0.2, 0.25) is 0 Å². The third kappa shape index (κ3) is 5.80. The van der Waals surface area contributed by atoms with Crippen LogP contribution in [-0.4, -0.2) is 43.2 Å². The fourth-order valence-electron chi connectivity index (χ4n) is 3.80. The van der Waals surface area contributed by atoms with Crippen molar-refractivity contribution in [2.75, 3.05) is 31.1 Å². The van der Waals surface area contributed by atoms with Crippen molar-refractivity contribution in [3.63, 3.8) is 0 Å². The first-order chi connectivity index (χ1) is 15.2. The van der Waals surface area contributed by atoms with Gasteiger partial charge in [-0.1, -0.05) is 60.2 Å². The zero-order valence-electron chi connectivity index (χ0n) is 17.9. The van der Waals surface area contributed by atoms with Gasteiger partial charge in [0.2, 0.25) is 0 Å². The number of amides is 1. The number of nitrogens with zero attached hydrogens (tertiary/aromatic N) is 3. The van der Waals surface area contributed by atoms with E-state index < -0.39 is 0 Å². The number of hydrogen-bond acceptors (Lipinski definition) is 4. The van der Waals surface area contributed by atoms with Crippen LogP contribution in [0.5, 0.6) is 0 Å².